The van der Waals surface area contributed by atoms with Gasteiger partial charge in [-0.25, -0.2) is 4.98 Å². The van der Waals surface area contributed by atoms with E-state index < -0.39 is 0 Å². The van der Waals surface area contributed by atoms with Crippen LogP contribution < -0.4 is 10.9 Å². The van der Waals surface area contributed by atoms with E-state index in [4.69, 9.17) is 0 Å². The molecule has 0 fully saturated rings. The Bertz CT molecular complexity index is 1060. The van der Waals surface area contributed by atoms with Gasteiger partial charge in [0.15, 0.2) is 5.16 Å². The van der Waals surface area contributed by atoms with Crippen molar-refractivity contribution in [3.8, 4) is 0 Å². The molecular weight excluding hydrogens is 446 g/mol. The van der Waals surface area contributed by atoms with Gasteiger partial charge in [0.1, 0.15) is 4.83 Å². The number of carbonyl (C=O) groups is 1. The van der Waals surface area contributed by atoms with Crippen LogP contribution >= 0.6 is 39.0 Å². The zero-order chi connectivity index (χ0) is 19.7. The number of aromatic nitrogens is 2. The molecule has 0 saturated heterocycles. The Hall–Kier alpha value is -1.64. The van der Waals surface area contributed by atoms with Gasteiger partial charge in [-0.1, -0.05) is 39.8 Å². The number of halogens is 1. The van der Waals surface area contributed by atoms with Crippen LogP contribution in [0.15, 0.2) is 38.7 Å². The highest BCUT2D eigenvalue weighted by atomic mass is 79.9. The van der Waals surface area contributed by atoms with Crippen LogP contribution in [0.2, 0.25) is 0 Å². The summed E-state index contributed by atoms with van der Waals surface area (Å²) in [6.07, 6.45) is 0. The lowest BCUT2D eigenvalue weighted by atomic mass is 10.1. The van der Waals surface area contributed by atoms with Crippen LogP contribution in [0.25, 0.3) is 10.2 Å². The third-order valence-electron chi connectivity index (χ3n) is 4.45. The summed E-state index contributed by atoms with van der Waals surface area (Å²) in [5.74, 6) is 0.110. The third kappa shape index (κ3) is 4.28. The van der Waals surface area contributed by atoms with Crippen molar-refractivity contribution >= 4 is 55.2 Å². The Morgan fingerprint density at radius 3 is 2.67 bits per heavy atom. The molecule has 3 rings (SSSR count). The van der Waals surface area contributed by atoms with Gasteiger partial charge in [-0.15, -0.1) is 11.3 Å². The number of amides is 1. The van der Waals surface area contributed by atoms with Crippen molar-refractivity contribution in [2.24, 2.45) is 7.05 Å². The van der Waals surface area contributed by atoms with Gasteiger partial charge in [0, 0.05) is 16.4 Å². The van der Waals surface area contributed by atoms with Crippen molar-refractivity contribution < 1.29 is 4.79 Å². The molecule has 0 saturated carbocycles. The van der Waals surface area contributed by atoms with Crippen LogP contribution in [0.4, 0.5) is 0 Å². The number of hydrogen-bond donors (Lipinski definition) is 1. The smallest absolute Gasteiger partial charge is 0.262 e. The second-order valence-corrected chi connectivity index (χ2v) is 9.41. The minimum atomic E-state index is -0.0942. The normalized spacial score (nSPS) is 12.3. The van der Waals surface area contributed by atoms with Gasteiger partial charge in [0.25, 0.3) is 5.56 Å². The number of benzene rings is 1. The Kier molecular flexibility index (Phi) is 6.08. The van der Waals surface area contributed by atoms with Gasteiger partial charge in [0.2, 0.25) is 5.91 Å². The first kappa shape index (κ1) is 20.1. The maximum absolute atomic E-state index is 12.6. The van der Waals surface area contributed by atoms with Gasteiger partial charge < -0.3 is 5.32 Å². The fourth-order valence-electron chi connectivity index (χ4n) is 2.73. The van der Waals surface area contributed by atoms with Crippen molar-refractivity contribution in [2.75, 3.05) is 5.75 Å². The summed E-state index contributed by atoms with van der Waals surface area (Å²) < 4.78 is 2.53. The van der Waals surface area contributed by atoms with Gasteiger partial charge in [-0.05, 0) is 44.0 Å². The maximum atomic E-state index is 12.6. The predicted molar refractivity (Wildman–Crippen MR) is 116 cm³/mol. The standard InChI is InChI=1S/C19H20BrN3O2S2/c1-10-12(3)27-17-16(10)18(25)23(4)19(22-17)26-9-15(24)21-11(2)13-5-7-14(20)8-6-13/h5-8,11H,9H2,1-4H3,(H,21,24). The molecule has 1 aromatic carbocycles. The predicted octanol–water partition coefficient (Wildman–Crippen LogP) is 4.34. The van der Waals surface area contributed by atoms with Crippen molar-refractivity contribution in [1.29, 1.82) is 0 Å². The second kappa shape index (κ2) is 8.16. The number of fused-ring (bicyclic) bond motifs is 1. The summed E-state index contributed by atoms with van der Waals surface area (Å²) in [6, 6.07) is 7.76. The maximum Gasteiger partial charge on any atom is 0.262 e. The zero-order valence-corrected chi connectivity index (χ0v) is 18.7. The Morgan fingerprint density at radius 2 is 2.00 bits per heavy atom. The molecule has 0 bridgehead atoms. The number of hydrogen-bond acceptors (Lipinski definition) is 5. The second-order valence-electron chi connectivity index (χ2n) is 6.35. The van der Waals surface area contributed by atoms with Crippen LogP contribution in [-0.4, -0.2) is 21.2 Å². The van der Waals surface area contributed by atoms with E-state index in [2.05, 4.69) is 26.2 Å². The lowest BCUT2D eigenvalue weighted by molar-refractivity contribution is -0.119. The quantitative estimate of drug-likeness (QED) is 0.449. The lowest BCUT2D eigenvalue weighted by Crippen LogP contribution is -2.28. The molecule has 142 valence electrons. The largest absolute Gasteiger partial charge is 0.349 e. The first-order chi connectivity index (χ1) is 12.8. The summed E-state index contributed by atoms with van der Waals surface area (Å²) in [7, 11) is 1.70. The molecule has 0 aliphatic heterocycles. The molecule has 0 aliphatic carbocycles. The molecule has 8 heteroatoms. The summed E-state index contributed by atoms with van der Waals surface area (Å²) in [6.45, 7) is 5.88. The van der Waals surface area contributed by atoms with Gasteiger partial charge in [-0.2, -0.15) is 0 Å². The van der Waals surface area contributed by atoms with E-state index in [1.807, 2.05) is 45.0 Å². The van der Waals surface area contributed by atoms with Crippen LogP contribution in [-0.2, 0) is 11.8 Å². The SMILES string of the molecule is Cc1sc2nc(SCC(=O)NC(C)c3ccc(Br)cc3)n(C)c(=O)c2c1C. The van der Waals surface area contributed by atoms with Gasteiger partial charge >= 0.3 is 0 Å². The Morgan fingerprint density at radius 1 is 1.33 bits per heavy atom. The number of aryl methyl sites for hydroxylation is 2. The highest BCUT2D eigenvalue weighted by Crippen LogP contribution is 2.28. The van der Waals surface area contributed by atoms with Crippen LogP contribution in [0.3, 0.4) is 0 Å². The number of nitrogens with zero attached hydrogens (tertiary/aromatic N) is 2. The topological polar surface area (TPSA) is 64.0 Å². The lowest BCUT2D eigenvalue weighted by Gasteiger charge is -2.14. The Balaban J connectivity index is 1.71. The Labute approximate surface area is 174 Å². The fourth-order valence-corrected chi connectivity index (χ4v) is 4.85. The molecule has 27 heavy (non-hydrogen) atoms. The summed E-state index contributed by atoms with van der Waals surface area (Å²) >= 11 is 6.20. The van der Waals surface area contributed by atoms with Gasteiger partial charge in [0.05, 0.1) is 17.2 Å². The van der Waals surface area contributed by atoms with Crippen molar-refractivity contribution in [2.45, 2.75) is 32.0 Å². The average Bonchev–Trinajstić information content (AvgIpc) is 2.91. The summed E-state index contributed by atoms with van der Waals surface area (Å²) in [5.41, 5.74) is 1.96. The van der Waals surface area contributed by atoms with E-state index in [1.54, 1.807) is 7.05 Å². The molecule has 0 aliphatic rings. The molecule has 2 heterocycles. The van der Waals surface area contributed by atoms with E-state index in [0.717, 1.165) is 25.3 Å². The molecule has 1 atom stereocenters. The molecular formula is C19H20BrN3O2S2. The molecule has 0 radical (unpaired) electrons. The van der Waals surface area contributed by atoms with Crippen molar-refractivity contribution in [3.05, 3.63) is 55.1 Å². The first-order valence-electron chi connectivity index (χ1n) is 8.42. The monoisotopic (exact) mass is 465 g/mol. The number of thiophene rings is 1. The average molecular weight is 466 g/mol. The summed E-state index contributed by atoms with van der Waals surface area (Å²) in [4.78, 5) is 31.4. The number of thioether (sulfide) groups is 1. The molecule has 1 amide bonds. The number of nitrogens with one attached hydrogen (secondary N) is 1. The molecule has 0 spiro atoms. The van der Waals surface area contributed by atoms with E-state index in [-0.39, 0.29) is 23.3 Å². The molecule has 1 N–H and O–H groups in total. The molecule has 5 nitrogen and oxygen atoms in total. The minimum absolute atomic E-state index is 0.0620. The van der Waals surface area contributed by atoms with Crippen LogP contribution in [0.5, 0.6) is 0 Å². The van der Waals surface area contributed by atoms with Crippen LogP contribution in [0, 0.1) is 13.8 Å². The van der Waals surface area contributed by atoms with Gasteiger partial charge in [-0.3, -0.25) is 14.2 Å². The molecule has 1 unspecified atom stereocenters. The third-order valence-corrected chi connectivity index (χ3v) is 7.11. The van der Waals surface area contributed by atoms with E-state index in [9.17, 15) is 9.59 Å². The fraction of sp³-hybridized carbons (Fsp3) is 0.316. The van der Waals surface area contributed by atoms with Crippen molar-refractivity contribution in [1.82, 2.24) is 14.9 Å². The van der Waals surface area contributed by atoms with E-state index in [0.29, 0.717) is 10.5 Å². The van der Waals surface area contributed by atoms with E-state index >= 15 is 0 Å². The highest BCUT2D eigenvalue weighted by Gasteiger charge is 2.16. The zero-order valence-electron chi connectivity index (χ0n) is 15.5. The molecule has 2 aromatic heterocycles. The minimum Gasteiger partial charge on any atom is -0.349 e. The number of rotatable bonds is 5. The van der Waals surface area contributed by atoms with Crippen LogP contribution in [0.1, 0.15) is 29.0 Å². The number of carbonyl (C=O) groups excluding carboxylic acids is 1. The molecule has 3 aromatic rings. The van der Waals surface area contributed by atoms with Crippen molar-refractivity contribution in [3.63, 3.8) is 0 Å². The first-order valence-corrected chi connectivity index (χ1v) is 11.0. The van der Waals surface area contributed by atoms with E-state index in [1.165, 1.54) is 27.7 Å². The highest BCUT2D eigenvalue weighted by molar-refractivity contribution is 9.10. The summed E-state index contributed by atoms with van der Waals surface area (Å²) in [5, 5.41) is 4.22.